The van der Waals surface area contributed by atoms with Crippen molar-refractivity contribution in [2.45, 2.75) is 26.9 Å². The summed E-state index contributed by atoms with van der Waals surface area (Å²) in [6.07, 6.45) is 0.593. The Hall–Kier alpha value is -2.63. The molecule has 0 N–H and O–H groups in total. The summed E-state index contributed by atoms with van der Waals surface area (Å²) in [5, 5.41) is 3.82. The van der Waals surface area contributed by atoms with Crippen LogP contribution in [0.5, 0.6) is 0 Å². The van der Waals surface area contributed by atoms with Crippen molar-refractivity contribution < 1.29 is 23.6 Å². The Labute approximate surface area is 128 Å². The number of aromatic nitrogens is 1. The molecular formula is C16H17NO5. The summed E-state index contributed by atoms with van der Waals surface area (Å²) >= 11 is 0. The topological polar surface area (TPSA) is 78.6 Å². The van der Waals surface area contributed by atoms with Gasteiger partial charge in [-0.25, -0.2) is 9.59 Å². The van der Waals surface area contributed by atoms with E-state index in [0.717, 1.165) is 5.56 Å². The van der Waals surface area contributed by atoms with E-state index in [-0.39, 0.29) is 6.61 Å². The molecule has 0 fully saturated rings. The Kier molecular flexibility index (Phi) is 4.93. The fourth-order valence-electron chi connectivity index (χ4n) is 2.00. The van der Waals surface area contributed by atoms with Crippen molar-refractivity contribution in [3.8, 4) is 0 Å². The maximum absolute atomic E-state index is 12.1. The van der Waals surface area contributed by atoms with Gasteiger partial charge in [-0.3, -0.25) is 0 Å². The molecule has 22 heavy (non-hydrogen) atoms. The third-order valence-electron chi connectivity index (χ3n) is 3.22. The Morgan fingerprint density at radius 3 is 2.45 bits per heavy atom. The van der Waals surface area contributed by atoms with Gasteiger partial charge >= 0.3 is 11.9 Å². The number of aryl methyl sites for hydroxylation is 2. The molecule has 6 nitrogen and oxygen atoms in total. The molecule has 0 atom stereocenters. The molecule has 2 rings (SSSR count). The van der Waals surface area contributed by atoms with E-state index in [1.165, 1.54) is 7.11 Å². The molecule has 0 amide bonds. The average molecular weight is 303 g/mol. The zero-order valence-electron chi connectivity index (χ0n) is 12.7. The minimum atomic E-state index is -0.465. The van der Waals surface area contributed by atoms with E-state index in [1.54, 1.807) is 31.2 Å². The van der Waals surface area contributed by atoms with E-state index in [4.69, 9.17) is 9.26 Å². The Morgan fingerprint density at radius 2 is 1.86 bits per heavy atom. The van der Waals surface area contributed by atoms with E-state index in [9.17, 15) is 9.59 Å². The second-order valence-electron chi connectivity index (χ2n) is 4.68. The molecule has 0 aliphatic rings. The second-order valence-corrected chi connectivity index (χ2v) is 4.68. The molecule has 0 unspecified atom stereocenters. The van der Waals surface area contributed by atoms with Crippen molar-refractivity contribution in [3.05, 3.63) is 52.4 Å². The summed E-state index contributed by atoms with van der Waals surface area (Å²) < 4.78 is 14.9. The first-order valence-corrected chi connectivity index (χ1v) is 6.86. The third-order valence-corrected chi connectivity index (χ3v) is 3.22. The van der Waals surface area contributed by atoms with Gasteiger partial charge in [0.2, 0.25) is 0 Å². The average Bonchev–Trinajstić information content (AvgIpc) is 2.93. The number of benzene rings is 1. The Morgan fingerprint density at radius 1 is 1.18 bits per heavy atom. The van der Waals surface area contributed by atoms with Crippen LogP contribution in [0.15, 0.2) is 28.8 Å². The number of carbonyl (C=O) groups excluding carboxylic acids is 2. The fourth-order valence-corrected chi connectivity index (χ4v) is 2.00. The van der Waals surface area contributed by atoms with Crippen LogP contribution in [0.1, 0.15) is 44.7 Å². The molecule has 1 heterocycles. The van der Waals surface area contributed by atoms with Crippen molar-refractivity contribution in [3.63, 3.8) is 0 Å². The van der Waals surface area contributed by atoms with Gasteiger partial charge in [0, 0.05) is 0 Å². The molecule has 0 aliphatic heterocycles. The minimum Gasteiger partial charge on any atom is -0.465 e. The number of carbonyl (C=O) groups is 2. The molecule has 0 spiro atoms. The highest BCUT2D eigenvalue weighted by molar-refractivity contribution is 5.91. The van der Waals surface area contributed by atoms with Crippen molar-refractivity contribution in [2.24, 2.45) is 0 Å². The zero-order valence-corrected chi connectivity index (χ0v) is 12.7. The van der Waals surface area contributed by atoms with Crippen molar-refractivity contribution in [1.82, 2.24) is 5.16 Å². The summed E-state index contributed by atoms with van der Waals surface area (Å²) in [5.41, 5.74) is 2.19. The molecule has 6 heteroatoms. The van der Waals surface area contributed by atoms with Crippen LogP contribution in [-0.4, -0.2) is 24.2 Å². The highest BCUT2D eigenvalue weighted by Crippen LogP contribution is 2.16. The lowest BCUT2D eigenvalue weighted by atomic mass is 10.1. The summed E-state index contributed by atoms with van der Waals surface area (Å²) in [6, 6.07) is 6.66. The second kappa shape index (κ2) is 6.89. The lowest BCUT2D eigenvalue weighted by Gasteiger charge is -2.06. The van der Waals surface area contributed by atoms with Gasteiger partial charge in [0.05, 0.1) is 18.4 Å². The lowest BCUT2D eigenvalue weighted by molar-refractivity contribution is 0.0468. The Balaban J connectivity index is 2.02. The number of nitrogens with zero attached hydrogens (tertiary/aromatic N) is 1. The van der Waals surface area contributed by atoms with E-state index < -0.39 is 11.9 Å². The lowest BCUT2D eigenvalue weighted by Crippen LogP contribution is -2.08. The van der Waals surface area contributed by atoms with Gasteiger partial charge in [-0.2, -0.15) is 0 Å². The number of hydrogen-bond donors (Lipinski definition) is 0. The molecule has 0 bridgehead atoms. The van der Waals surface area contributed by atoms with Crippen LogP contribution in [0.3, 0.4) is 0 Å². The molecular weight excluding hydrogens is 286 g/mol. The van der Waals surface area contributed by atoms with Gasteiger partial charge in [0.25, 0.3) is 0 Å². The largest absolute Gasteiger partial charge is 0.465 e. The molecule has 2 aromatic rings. The van der Waals surface area contributed by atoms with Gasteiger partial charge < -0.3 is 14.0 Å². The first-order chi connectivity index (χ1) is 10.6. The van der Waals surface area contributed by atoms with Crippen molar-refractivity contribution in [1.29, 1.82) is 0 Å². The van der Waals surface area contributed by atoms with Crippen molar-refractivity contribution in [2.75, 3.05) is 7.11 Å². The number of hydrogen-bond acceptors (Lipinski definition) is 6. The molecule has 116 valence electrons. The zero-order chi connectivity index (χ0) is 16.1. The molecule has 0 saturated carbocycles. The van der Waals surface area contributed by atoms with E-state index in [0.29, 0.717) is 29.0 Å². The Bertz CT molecular complexity index is 672. The van der Waals surface area contributed by atoms with E-state index in [1.807, 2.05) is 6.92 Å². The smallest absolute Gasteiger partial charge is 0.344 e. The van der Waals surface area contributed by atoms with Crippen LogP contribution in [-0.2, 0) is 22.5 Å². The van der Waals surface area contributed by atoms with Gasteiger partial charge in [0.1, 0.15) is 17.9 Å². The van der Waals surface area contributed by atoms with Crippen LogP contribution < -0.4 is 0 Å². The first-order valence-electron chi connectivity index (χ1n) is 6.86. The monoisotopic (exact) mass is 303 g/mol. The molecule has 0 aliphatic carbocycles. The van der Waals surface area contributed by atoms with Crippen LogP contribution in [0.2, 0.25) is 0 Å². The standard InChI is InChI=1S/C16H17NO5/c1-4-13-14(10(2)22-17-13)16(19)21-9-11-5-7-12(8-6-11)15(18)20-3/h5-8H,4,9H2,1-3H3. The van der Waals surface area contributed by atoms with Gasteiger partial charge in [0.15, 0.2) is 0 Å². The van der Waals surface area contributed by atoms with E-state index in [2.05, 4.69) is 9.89 Å². The highest BCUT2D eigenvalue weighted by atomic mass is 16.5. The molecule has 1 aromatic heterocycles. The van der Waals surface area contributed by atoms with Crippen LogP contribution in [0.25, 0.3) is 0 Å². The summed E-state index contributed by atoms with van der Waals surface area (Å²) in [6.45, 7) is 3.67. The summed E-state index contributed by atoms with van der Waals surface area (Å²) in [4.78, 5) is 23.4. The predicted molar refractivity (Wildman–Crippen MR) is 77.5 cm³/mol. The maximum atomic E-state index is 12.1. The van der Waals surface area contributed by atoms with E-state index >= 15 is 0 Å². The molecule has 0 saturated heterocycles. The number of ether oxygens (including phenoxy) is 2. The maximum Gasteiger partial charge on any atom is 0.344 e. The minimum absolute atomic E-state index is 0.105. The number of esters is 2. The summed E-state index contributed by atoms with van der Waals surface area (Å²) in [7, 11) is 1.32. The van der Waals surface area contributed by atoms with Crippen LogP contribution in [0, 0.1) is 6.92 Å². The van der Waals surface area contributed by atoms with Gasteiger partial charge in [-0.05, 0) is 31.0 Å². The normalized spacial score (nSPS) is 10.3. The SMILES string of the molecule is CCc1noc(C)c1C(=O)OCc1ccc(C(=O)OC)cc1. The summed E-state index contributed by atoms with van der Waals surface area (Å²) in [5.74, 6) is -0.424. The highest BCUT2D eigenvalue weighted by Gasteiger charge is 2.20. The van der Waals surface area contributed by atoms with Crippen LogP contribution in [0.4, 0.5) is 0 Å². The van der Waals surface area contributed by atoms with Crippen molar-refractivity contribution >= 4 is 11.9 Å². The number of rotatable bonds is 5. The first kappa shape index (κ1) is 15.8. The van der Waals surface area contributed by atoms with Crippen LogP contribution >= 0.6 is 0 Å². The molecule has 1 aromatic carbocycles. The van der Waals surface area contributed by atoms with Gasteiger partial charge in [-0.15, -0.1) is 0 Å². The quantitative estimate of drug-likeness (QED) is 0.790. The number of methoxy groups -OCH3 is 1. The molecule has 0 radical (unpaired) electrons. The van der Waals surface area contributed by atoms with Gasteiger partial charge in [-0.1, -0.05) is 24.2 Å². The predicted octanol–water partition coefficient (Wildman–Crippen LogP) is 2.69. The fraction of sp³-hybridized carbons (Fsp3) is 0.312. The third kappa shape index (κ3) is 3.33.